The Hall–Kier alpha value is -1.36. The quantitative estimate of drug-likeness (QED) is 0.469. The summed E-state index contributed by atoms with van der Waals surface area (Å²) in [4.78, 5) is 22.1. The first-order valence-corrected chi connectivity index (χ1v) is 7.01. The second-order valence-corrected chi connectivity index (χ2v) is 6.31. The summed E-state index contributed by atoms with van der Waals surface area (Å²) in [6, 6.07) is 0. The van der Waals surface area contributed by atoms with Gasteiger partial charge in [0.1, 0.15) is 0 Å². The first kappa shape index (κ1) is 16.7. The van der Waals surface area contributed by atoms with Crippen molar-refractivity contribution in [2.75, 3.05) is 0 Å². The summed E-state index contributed by atoms with van der Waals surface area (Å²) in [6.07, 6.45) is 5.40. The maximum Gasteiger partial charge on any atom is 0.321 e. The molecule has 0 aromatic heterocycles. The van der Waals surface area contributed by atoms with Crippen LogP contribution in [0.3, 0.4) is 0 Å². The van der Waals surface area contributed by atoms with Gasteiger partial charge in [-0.05, 0) is 18.3 Å². The van der Waals surface area contributed by atoms with Gasteiger partial charge in [0.05, 0.1) is 6.10 Å². The summed E-state index contributed by atoms with van der Waals surface area (Å²) >= 11 is 0. The molecule has 5 nitrogen and oxygen atoms in total. The van der Waals surface area contributed by atoms with E-state index in [9.17, 15) is 14.7 Å². The van der Waals surface area contributed by atoms with Gasteiger partial charge in [0, 0.05) is 5.92 Å². The standard InChI is InChI=1S/C15H24O5/c1-4-5-8-14(2,3)11(16)7-6-10-9-15(10,12(17)18)13(19)20/h6-7,10-11,16H,4-5,8-9H2,1-3H3,(H,17,18)(H,19,20)/b7-6+. The second kappa shape index (κ2) is 5.95. The molecule has 0 spiro atoms. The minimum Gasteiger partial charge on any atom is -0.480 e. The molecule has 2 atom stereocenters. The number of rotatable bonds is 8. The summed E-state index contributed by atoms with van der Waals surface area (Å²) in [7, 11) is 0. The number of aliphatic hydroxyl groups is 1. The van der Waals surface area contributed by atoms with Gasteiger partial charge in [-0.2, -0.15) is 0 Å². The SMILES string of the molecule is CCCCC(C)(C)C(O)/C=C/C1CC1(C(=O)O)C(=O)O. The molecule has 0 bridgehead atoms. The molecule has 1 aliphatic carbocycles. The van der Waals surface area contributed by atoms with Crippen molar-refractivity contribution in [1.82, 2.24) is 0 Å². The monoisotopic (exact) mass is 284 g/mol. The van der Waals surface area contributed by atoms with Crippen LogP contribution in [0.15, 0.2) is 12.2 Å². The first-order chi connectivity index (χ1) is 9.18. The van der Waals surface area contributed by atoms with E-state index in [0.717, 1.165) is 19.3 Å². The van der Waals surface area contributed by atoms with Crippen LogP contribution in [0.4, 0.5) is 0 Å². The Morgan fingerprint density at radius 1 is 1.35 bits per heavy atom. The molecular formula is C15H24O5. The van der Waals surface area contributed by atoms with Gasteiger partial charge < -0.3 is 15.3 Å². The van der Waals surface area contributed by atoms with Crippen LogP contribution in [-0.4, -0.2) is 33.4 Å². The number of unbranched alkanes of at least 4 members (excludes halogenated alkanes) is 1. The lowest BCUT2D eigenvalue weighted by molar-refractivity contribution is -0.157. The van der Waals surface area contributed by atoms with Crippen molar-refractivity contribution in [1.29, 1.82) is 0 Å². The molecule has 114 valence electrons. The molecule has 0 aromatic rings. The molecule has 20 heavy (non-hydrogen) atoms. The molecule has 0 radical (unpaired) electrons. The number of carboxylic acids is 2. The zero-order valence-electron chi connectivity index (χ0n) is 12.3. The number of aliphatic hydroxyl groups excluding tert-OH is 1. The summed E-state index contributed by atoms with van der Waals surface area (Å²) in [5.74, 6) is -3.15. The molecule has 3 N–H and O–H groups in total. The molecule has 0 saturated heterocycles. The predicted molar refractivity (Wildman–Crippen MR) is 74.3 cm³/mol. The van der Waals surface area contributed by atoms with Crippen molar-refractivity contribution in [2.24, 2.45) is 16.7 Å². The van der Waals surface area contributed by atoms with Gasteiger partial charge >= 0.3 is 11.9 Å². The van der Waals surface area contributed by atoms with Crippen LogP contribution in [-0.2, 0) is 9.59 Å². The van der Waals surface area contributed by atoms with Crippen LogP contribution >= 0.6 is 0 Å². The fourth-order valence-electron chi connectivity index (χ4n) is 2.38. The third-order valence-electron chi connectivity index (χ3n) is 4.28. The molecule has 0 aliphatic heterocycles. The van der Waals surface area contributed by atoms with Gasteiger partial charge in [-0.15, -0.1) is 0 Å². The van der Waals surface area contributed by atoms with E-state index in [1.165, 1.54) is 0 Å². The van der Waals surface area contributed by atoms with Crippen molar-refractivity contribution >= 4 is 11.9 Å². The van der Waals surface area contributed by atoms with Crippen LogP contribution < -0.4 is 0 Å². The molecule has 1 aliphatic rings. The topological polar surface area (TPSA) is 94.8 Å². The van der Waals surface area contributed by atoms with E-state index in [0.29, 0.717) is 0 Å². The summed E-state index contributed by atoms with van der Waals surface area (Å²) in [6.45, 7) is 5.98. The summed E-state index contributed by atoms with van der Waals surface area (Å²) in [5.41, 5.74) is -1.99. The molecule has 0 aromatic carbocycles. The van der Waals surface area contributed by atoms with Crippen LogP contribution in [0.2, 0.25) is 0 Å². The fourth-order valence-corrected chi connectivity index (χ4v) is 2.38. The van der Waals surface area contributed by atoms with Gasteiger partial charge in [0.2, 0.25) is 0 Å². The van der Waals surface area contributed by atoms with E-state index in [1.54, 1.807) is 12.2 Å². The summed E-state index contributed by atoms with van der Waals surface area (Å²) < 4.78 is 0. The maximum atomic E-state index is 11.0. The fraction of sp³-hybridized carbons (Fsp3) is 0.733. The average Bonchev–Trinajstić information content (AvgIpc) is 3.09. The Morgan fingerprint density at radius 3 is 2.30 bits per heavy atom. The number of carboxylic acid groups (broad SMARTS) is 2. The normalized spacial score (nSPS) is 22.7. The number of carbonyl (C=O) groups is 2. The Kier molecular flexibility index (Phi) is 4.97. The molecule has 1 rings (SSSR count). The lowest BCUT2D eigenvalue weighted by Gasteiger charge is -2.28. The lowest BCUT2D eigenvalue weighted by Crippen LogP contribution is -2.28. The van der Waals surface area contributed by atoms with E-state index in [1.807, 2.05) is 13.8 Å². The molecule has 0 amide bonds. The van der Waals surface area contributed by atoms with Crippen LogP contribution in [0.5, 0.6) is 0 Å². The number of allylic oxidation sites excluding steroid dienone is 1. The second-order valence-electron chi connectivity index (χ2n) is 6.31. The summed E-state index contributed by atoms with van der Waals surface area (Å²) in [5, 5.41) is 28.2. The highest BCUT2D eigenvalue weighted by atomic mass is 16.4. The largest absolute Gasteiger partial charge is 0.480 e. The van der Waals surface area contributed by atoms with E-state index >= 15 is 0 Å². The number of aliphatic carboxylic acids is 2. The van der Waals surface area contributed by atoms with Crippen molar-refractivity contribution in [3.05, 3.63) is 12.2 Å². The third kappa shape index (κ3) is 3.20. The lowest BCUT2D eigenvalue weighted by atomic mass is 9.81. The van der Waals surface area contributed by atoms with Gasteiger partial charge in [-0.25, -0.2) is 0 Å². The van der Waals surface area contributed by atoms with E-state index in [4.69, 9.17) is 10.2 Å². The van der Waals surface area contributed by atoms with Gasteiger partial charge in [-0.1, -0.05) is 45.8 Å². The van der Waals surface area contributed by atoms with Crippen LogP contribution in [0.1, 0.15) is 46.5 Å². The molecule has 1 fully saturated rings. The average molecular weight is 284 g/mol. The molecule has 5 heteroatoms. The van der Waals surface area contributed by atoms with Crippen molar-refractivity contribution in [3.8, 4) is 0 Å². The van der Waals surface area contributed by atoms with E-state index < -0.39 is 29.4 Å². The zero-order valence-corrected chi connectivity index (χ0v) is 12.3. The number of hydrogen-bond donors (Lipinski definition) is 3. The van der Waals surface area contributed by atoms with Gasteiger partial charge in [0.25, 0.3) is 0 Å². The van der Waals surface area contributed by atoms with E-state index in [-0.39, 0.29) is 11.8 Å². The van der Waals surface area contributed by atoms with E-state index in [2.05, 4.69) is 6.92 Å². The van der Waals surface area contributed by atoms with Crippen molar-refractivity contribution in [3.63, 3.8) is 0 Å². The predicted octanol–water partition coefficient (Wildman–Crippen LogP) is 2.30. The van der Waals surface area contributed by atoms with Gasteiger partial charge in [0.15, 0.2) is 5.41 Å². The molecular weight excluding hydrogens is 260 g/mol. The van der Waals surface area contributed by atoms with Gasteiger partial charge in [-0.3, -0.25) is 9.59 Å². The maximum absolute atomic E-state index is 11.0. The Bertz CT molecular complexity index is 396. The zero-order chi connectivity index (χ0) is 15.6. The van der Waals surface area contributed by atoms with Crippen LogP contribution in [0, 0.1) is 16.7 Å². The number of hydrogen-bond acceptors (Lipinski definition) is 3. The molecule has 2 unspecified atom stereocenters. The van der Waals surface area contributed by atoms with Crippen LogP contribution in [0.25, 0.3) is 0 Å². The molecule has 0 heterocycles. The highest BCUT2D eigenvalue weighted by molar-refractivity contribution is 6.02. The Labute approximate surface area is 119 Å². The Balaban J connectivity index is 2.66. The highest BCUT2D eigenvalue weighted by Crippen LogP contribution is 2.54. The molecule has 1 saturated carbocycles. The van der Waals surface area contributed by atoms with Crippen molar-refractivity contribution < 1.29 is 24.9 Å². The minimum absolute atomic E-state index is 0.0935. The Morgan fingerprint density at radius 2 is 1.90 bits per heavy atom. The van der Waals surface area contributed by atoms with Crippen molar-refractivity contribution in [2.45, 2.75) is 52.6 Å². The third-order valence-corrected chi connectivity index (χ3v) is 4.28. The highest BCUT2D eigenvalue weighted by Gasteiger charge is 2.65. The minimum atomic E-state index is -1.69. The first-order valence-electron chi connectivity index (χ1n) is 7.01. The smallest absolute Gasteiger partial charge is 0.321 e.